The van der Waals surface area contributed by atoms with Gasteiger partial charge in [-0.3, -0.25) is 0 Å². The van der Waals surface area contributed by atoms with E-state index < -0.39 is 0 Å². The average molecular weight is 341 g/mol. The van der Waals surface area contributed by atoms with Crippen LogP contribution in [0.5, 0.6) is 0 Å². The molecule has 100 valence electrons. The van der Waals surface area contributed by atoms with Gasteiger partial charge < -0.3 is 10.0 Å². The Balaban J connectivity index is 2.22. The van der Waals surface area contributed by atoms with Crippen LogP contribution < -0.4 is 4.90 Å². The highest BCUT2D eigenvalue weighted by atomic mass is 79.9. The van der Waals surface area contributed by atoms with Crippen molar-refractivity contribution < 1.29 is 5.11 Å². The largest absolute Gasteiger partial charge is 0.392 e. The molecular weight excluding hydrogens is 326 g/mol. The summed E-state index contributed by atoms with van der Waals surface area (Å²) in [6.45, 7) is 0.757. The number of aliphatic hydroxyl groups is 1. The molecule has 0 radical (unpaired) electrons. The third-order valence-corrected chi connectivity index (χ3v) is 3.66. The van der Waals surface area contributed by atoms with Gasteiger partial charge in [-0.1, -0.05) is 39.7 Å². The fourth-order valence-corrected chi connectivity index (χ4v) is 2.69. The number of hydrogen-bond acceptors (Lipinski definition) is 2. The lowest BCUT2D eigenvalue weighted by Gasteiger charge is -2.22. The molecule has 1 N–H and O–H groups in total. The lowest BCUT2D eigenvalue weighted by Crippen LogP contribution is -2.18. The smallest absolute Gasteiger partial charge is 0.0702 e. The van der Waals surface area contributed by atoms with Crippen molar-refractivity contribution in [1.82, 2.24) is 0 Å². The van der Waals surface area contributed by atoms with Crippen molar-refractivity contribution >= 4 is 33.2 Å². The lowest BCUT2D eigenvalue weighted by molar-refractivity contribution is 0.282. The van der Waals surface area contributed by atoms with E-state index in [1.54, 1.807) is 6.07 Å². The highest BCUT2D eigenvalue weighted by Gasteiger charge is 2.08. The number of benzene rings is 2. The molecule has 0 unspecified atom stereocenters. The van der Waals surface area contributed by atoms with E-state index in [1.807, 2.05) is 31.3 Å². The molecule has 0 saturated carbocycles. The summed E-state index contributed by atoms with van der Waals surface area (Å²) in [6, 6.07) is 13.8. The SMILES string of the molecule is CN(Cc1cccc(Br)c1)c1ccc(Cl)cc1CO. The second kappa shape index (κ2) is 6.42. The van der Waals surface area contributed by atoms with Crippen molar-refractivity contribution in [3.05, 3.63) is 63.1 Å². The summed E-state index contributed by atoms with van der Waals surface area (Å²) < 4.78 is 1.07. The van der Waals surface area contributed by atoms with E-state index in [4.69, 9.17) is 11.6 Å². The Kier molecular flexibility index (Phi) is 4.86. The monoisotopic (exact) mass is 339 g/mol. The van der Waals surface area contributed by atoms with Gasteiger partial charge >= 0.3 is 0 Å². The topological polar surface area (TPSA) is 23.5 Å². The van der Waals surface area contributed by atoms with Crippen LogP contribution in [0.25, 0.3) is 0 Å². The standard InChI is InChI=1S/C15H15BrClNO/c1-18(9-11-3-2-4-13(16)7-11)15-6-5-14(17)8-12(15)10-19/h2-8,19H,9-10H2,1H3. The number of anilines is 1. The Morgan fingerprint density at radius 3 is 2.68 bits per heavy atom. The van der Waals surface area contributed by atoms with Gasteiger partial charge in [-0.15, -0.1) is 0 Å². The van der Waals surface area contributed by atoms with Crippen LogP contribution in [0, 0.1) is 0 Å². The van der Waals surface area contributed by atoms with Crippen molar-refractivity contribution in [2.75, 3.05) is 11.9 Å². The first-order chi connectivity index (χ1) is 9.10. The van der Waals surface area contributed by atoms with Gasteiger partial charge in [-0.25, -0.2) is 0 Å². The second-order valence-corrected chi connectivity index (χ2v) is 5.77. The minimum absolute atomic E-state index is 0.0152. The van der Waals surface area contributed by atoms with E-state index in [0.29, 0.717) is 5.02 Å². The van der Waals surface area contributed by atoms with E-state index in [0.717, 1.165) is 22.3 Å². The first-order valence-corrected chi connectivity index (χ1v) is 7.12. The summed E-state index contributed by atoms with van der Waals surface area (Å²) in [5.74, 6) is 0. The number of nitrogens with zero attached hydrogens (tertiary/aromatic N) is 1. The highest BCUT2D eigenvalue weighted by molar-refractivity contribution is 9.10. The van der Waals surface area contributed by atoms with Gasteiger partial charge in [0.1, 0.15) is 0 Å². The van der Waals surface area contributed by atoms with Crippen molar-refractivity contribution in [2.45, 2.75) is 13.2 Å². The Hall–Kier alpha value is -1.03. The molecule has 0 aromatic heterocycles. The van der Waals surface area contributed by atoms with Crippen molar-refractivity contribution in [1.29, 1.82) is 0 Å². The Morgan fingerprint density at radius 2 is 2.00 bits per heavy atom. The zero-order valence-corrected chi connectivity index (χ0v) is 12.9. The summed E-state index contributed by atoms with van der Waals surface area (Å²) in [7, 11) is 2.00. The summed E-state index contributed by atoms with van der Waals surface area (Å²) in [6.07, 6.45) is 0. The van der Waals surface area contributed by atoms with Gasteiger partial charge in [0.15, 0.2) is 0 Å². The van der Waals surface area contributed by atoms with E-state index in [-0.39, 0.29) is 6.61 Å². The molecule has 0 bridgehead atoms. The molecule has 0 heterocycles. The van der Waals surface area contributed by atoms with Crippen LogP contribution in [0.1, 0.15) is 11.1 Å². The Bertz CT molecular complexity index is 574. The van der Waals surface area contributed by atoms with Crippen molar-refractivity contribution in [3.8, 4) is 0 Å². The van der Waals surface area contributed by atoms with Gasteiger partial charge in [0.25, 0.3) is 0 Å². The molecule has 0 fully saturated rings. The predicted octanol–water partition coefficient (Wildman–Crippen LogP) is 4.23. The van der Waals surface area contributed by atoms with Gasteiger partial charge in [0, 0.05) is 34.3 Å². The fraction of sp³-hybridized carbons (Fsp3) is 0.200. The molecule has 0 spiro atoms. The minimum Gasteiger partial charge on any atom is -0.392 e. The number of aliphatic hydroxyl groups excluding tert-OH is 1. The van der Waals surface area contributed by atoms with Gasteiger partial charge in [-0.05, 0) is 35.9 Å². The Morgan fingerprint density at radius 1 is 1.21 bits per heavy atom. The van der Waals surface area contributed by atoms with Crippen LogP contribution in [0.4, 0.5) is 5.69 Å². The highest BCUT2D eigenvalue weighted by Crippen LogP contribution is 2.25. The van der Waals surface area contributed by atoms with Crippen molar-refractivity contribution in [3.63, 3.8) is 0 Å². The van der Waals surface area contributed by atoms with Crippen LogP contribution in [-0.2, 0) is 13.2 Å². The maximum absolute atomic E-state index is 9.41. The van der Waals surface area contributed by atoms with Crippen LogP contribution in [0.15, 0.2) is 46.9 Å². The minimum atomic E-state index is -0.0152. The van der Waals surface area contributed by atoms with Gasteiger partial charge in [0.2, 0.25) is 0 Å². The summed E-state index contributed by atoms with van der Waals surface area (Å²) >= 11 is 9.42. The van der Waals surface area contributed by atoms with Crippen molar-refractivity contribution in [2.24, 2.45) is 0 Å². The molecule has 2 aromatic rings. The van der Waals surface area contributed by atoms with Gasteiger partial charge in [-0.2, -0.15) is 0 Å². The lowest BCUT2D eigenvalue weighted by atomic mass is 10.1. The molecule has 0 aliphatic carbocycles. The molecule has 19 heavy (non-hydrogen) atoms. The normalized spacial score (nSPS) is 10.5. The van der Waals surface area contributed by atoms with Crippen LogP contribution in [0.2, 0.25) is 5.02 Å². The van der Waals surface area contributed by atoms with Crippen LogP contribution in [0.3, 0.4) is 0 Å². The average Bonchev–Trinajstić information content (AvgIpc) is 2.38. The molecule has 0 amide bonds. The maximum Gasteiger partial charge on any atom is 0.0702 e. The second-order valence-electron chi connectivity index (χ2n) is 4.42. The number of halogens is 2. The summed E-state index contributed by atoms with van der Waals surface area (Å²) in [5.41, 5.74) is 3.03. The van der Waals surface area contributed by atoms with E-state index in [2.05, 4.69) is 33.0 Å². The molecule has 0 saturated heterocycles. The zero-order chi connectivity index (χ0) is 13.8. The number of rotatable bonds is 4. The molecule has 2 nitrogen and oxygen atoms in total. The molecule has 4 heteroatoms. The number of hydrogen-bond donors (Lipinski definition) is 1. The third-order valence-electron chi connectivity index (χ3n) is 2.93. The molecule has 0 atom stereocenters. The third kappa shape index (κ3) is 3.72. The fourth-order valence-electron chi connectivity index (χ4n) is 2.05. The first kappa shape index (κ1) is 14.4. The summed E-state index contributed by atoms with van der Waals surface area (Å²) in [5, 5.41) is 10.1. The van der Waals surface area contributed by atoms with Crippen LogP contribution in [-0.4, -0.2) is 12.2 Å². The summed E-state index contributed by atoms with van der Waals surface area (Å²) in [4.78, 5) is 2.10. The van der Waals surface area contributed by atoms with E-state index in [9.17, 15) is 5.11 Å². The van der Waals surface area contributed by atoms with Crippen LogP contribution >= 0.6 is 27.5 Å². The maximum atomic E-state index is 9.41. The molecule has 2 aromatic carbocycles. The molecular formula is C15H15BrClNO. The first-order valence-electron chi connectivity index (χ1n) is 5.95. The van der Waals surface area contributed by atoms with E-state index in [1.165, 1.54) is 5.56 Å². The Labute approximate surface area is 126 Å². The predicted molar refractivity (Wildman–Crippen MR) is 83.6 cm³/mol. The van der Waals surface area contributed by atoms with Gasteiger partial charge in [0.05, 0.1) is 6.61 Å². The molecule has 0 aliphatic rings. The molecule has 2 rings (SSSR count). The van der Waals surface area contributed by atoms with E-state index >= 15 is 0 Å². The zero-order valence-electron chi connectivity index (χ0n) is 10.6. The molecule has 0 aliphatic heterocycles. The quantitative estimate of drug-likeness (QED) is 0.900.